The third-order valence-electron chi connectivity index (χ3n) is 4.95. The van der Waals surface area contributed by atoms with Gasteiger partial charge in [0.25, 0.3) is 0 Å². The summed E-state index contributed by atoms with van der Waals surface area (Å²) in [5.74, 6) is 0.397. The summed E-state index contributed by atoms with van der Waals surface area (Å²) in [5.41, 5.74) is 9.52. The summed E-state index contributed by atoms with van der Waals surface area (Å²) >= 11 is 0. The molecule has 10 heteroatoms. The van der Waals surface area contributed by atoms with Gasteiger partial charge in [-0.3, -0.25) is 9.78 Å². The molecule has 1 aromatic carbocycles. The molecule has 1 saturated carbocycles. The summed E-state index contributed by atoms with van der Waals surface area (Å²) in [7, 11) is -3.19. The van der Waals surface area contributed by atoms with E-state index in [0.717, 1.165) is 45.9 Å². The molecule has 3 aromatic heterocycles. The van der Waals surface area contributed by atoms with Gasteiger partial charge in [-0.15, -0.1) is 0 Å². The van der Waals surface area contributed by atoms with Gasteiger partial charge in [-0.25, -0.2) is 18.1 Å². The Morgan fingerprint density at radius 3 is 2.86 bits per heavy atom. The number of pyridine rings is 1. The second-order valence-corrected chi connectivity index (χ2v) is 9.04. The predicted molar refractivity (Wildman–Crippen MR) is 107 cm³/mol. The summed E-state index contributed by atoms with van der Waals surface area (Å²) in [4.78, 5) is 4.52. The Kier molecular flexibility index (Phi) is 3.84. The van der Waals surface area contributed by atoms with Crippen LogP contribution in [0.4, 0.5) is 5.82 Å². The maximum absolute atomic E-state index is 11.9. The van der Waals surface area contributed by atoms with Crippen molar-refractivity contribution in [2.45, 2.75) is 24.6 Å². The van der Waals surface area contributed by atoms with Gasteiger partial charge in [0.2, 0.25) is 10.0 Å². The van der Waals surface area contributed by atoms with Crippen LogP contribution in [0, 0.1) is 0 Å². The van der Waals surface area contributed by atoms with Crippen molar-refractivity contribution < 1.29 is 8.42 Å². The van der Waals surface area contributed by atoms with Crippen molar-refractivity contribution in [1.29, 1.82) is 0 Å². The Balaban J connectivity index is 1.46. The number of nitrogen functional groups attached to an aromatic ring is 1. The number of aromatic amines is 1. The van der Waals surface area contributed by atoms with Crippen molar-refractivity contribution in [3.8, 4) is 11.3 Å². The molecule has 0 aliphatic heterocycles. The predicted octanol–water partition coefficient (Wildman–Crippen LogP) is 1.64. The maximum atomic E-state index is 11.9. The summed E-state index contributed by atoms with van der Waals surface area (Å²) in [5, 5.41) is 13.0. The fraction of sp³-hybridized carbons (Fsp3) is 0.278. The van der Waals surface area contributed by atoms with Crippen LogP contribution in [-0.2, 0) is 16.6 Å². The molecule has 4 N–H and O–H groups in total. The zero-order chi connectivity index (χ0) is 19.3. The topological polar surface area (TPSA) is 132 Å². The van der Waals surface area contributed by atoms with E-state index in [1.807, 2.05) is 30.5 Å². The number of hydrogen-bond donors (Lipinski definition) is 3. The first kappa shape index (κ1) is 17.1. The number of aromatic nitrogens is 5. The molecule has 28 heavy (non-hydrogen) atoms. The van der Waals surface area contributed by atoms with Crippen LogP contribution in [0.15, 0.2) is 36.7 Å². The molecular weight excluding hydrogens is 378 g/mol. The van der Waals surface area contributed by atoms with Crippen LogP contribution in [-0.4, -0.2) is 45.2 Å². The van der Waals surface area contributed by atoms with Crippen LogP contribution in [0.1, 0.15) is 12.8 Å². The summed E-state index contributed by atoms with van der Waals surface area (Å²) in [6.07, 6.45) is 5.00. The van der Waals surface area contributed by atoms with E-state index in [1.54, 1.807) is 10.9 Å². The minimum absolute atomic E-state index is 0.225. The van der Waals surface area contributed by atoms with Crippen LogP contribution in [0.5, 0.6) is 0 Å². The van der Waals surface area contributed by atoms with Crippen molar-refractivity contribution in [1.82, 2.24) is 29.7 Å². The molecule has 0 spiro atoms. The van der Waals surface area contributed by atoms with E-state index in [1.165, 1.54) is 0 Å². The van der Waals surface area contributed by atoms with E-state index in [4.69, 9.17) is 5.73 Å². The minimum Gasteiger partial charge on any atom is -0.383 e. The van der Waals surface area contributed by atoms with Gasteiger partial charge in [0.05, 0.1) is 28.4 Å². The lowest BCUT2D eigenvalue weighted by Gasteiger charge is -2.05. The number of H-pyrrole nitrogens is 1. The molecule has 9 nitrogen and oxygen atoms in total. The highest BCUT2D eigenvalue weighted by atomic mass is 32.2. The van der Waals surface area contributed by atoms with Crippen LogP contribution in [0.2, 0.25) is 0 Å². The quantitative estimate of drug-likeness (QED) is 0.453. The number of hydrogen-bond acceptors (Lipinski definition) is 6. The standard InChI is InChI=1S/C18H19N7O2S/c19-18-14-10-25(8-7-21-28(26,27)12-2-3-12)24-17(14)13-4-1-11(9-16(13)22-18)15-5-6-20-23-15/h1,4-6,9-10,12,21H,2-3,7-8H2,(H2,19,22)(H,20,23). The van der Waals surface area contributed by atoms with E-state index in [-0.39, 0.29) is 5.25 Å². The molecule has 4 aromatic rings. The number of benzene rings is 1. The van der Waals surface area contributed by atoms with Crippen LogP contribution < -0.4 is 10.5 Å². The van der Waals surface area contributed by atoms with Gasteiger partial charge in [-0.1, -0.05) is 6.07 Å². The highest BCUT2D eigenvalue weighted by molar-refractivity contribution is 7.90. The highest BCUT2D eigenvalue weighted by Gasteiger charge is 2.35. The molecule has 1 aliphatic carbocycles. The summed E-state index contributed by atoms with van der Waals surface area (Å²) < 4.78 is 28.2. The lowest BCUT2D eigenvalue weighted by molar-refractivity contribution is 0.561. The molecule has 0 bridgehead atoms. The van der Waals surface area contributed by atoms with Gasteiger partial charge >= 0.3 is 0 Å². The molecule has 0 saturated heterocycles. The number of rotatable bonds is 6. The Labute approximate surface area is 161 Å². The van der Waals surface area contributed by atoms with Gasteiger partial charge < -0.3 is 5.73 Å². The van der Waals surface area contributed by atoms with E-state index in [2.05, 4.69) is 25.0 Å². The molecule has 5 rings (SSSR count). The van der Waals surface area contributed by atoms with E-state index in [0.29, 0.717) is 18.9 Å². The number of nitrogens with two attached hydrogens (primary N) is 1. The zero-order valence-corrected chi connectivity index (χ0v) is 15.8. The zero-order valence-electron chi connectivity index (χ0n) is 15.0. The summed E-state index contributed by atoms with van der Waals surface area (Å²) in [6.45, 7) is 0.718. The minimum atomic E-state index is -3.19. The Morgan fingerprint density at radius 2 is 2.11 bits per heavy atom. The van der Waals surface area contributed by atoms with Crippen molar-refractivity contribution in [2.24, 2.45) is 0 Å². The molecule has 0 radical (unpaired) electrons. The van der Waals surface area contributed by atoms with Gasteiger partial charge in [-0.2, -0.15) is 10.2 Å². The number of sulfonamides is 1. The van der Waals surface area contributed by atoms with Gasteiger partial charge in [0.1, 0.15) is 11.3 Å². The van der Waals surface area contributed by atoms with Gasteiger partial charge in [0.15, 0.2) is 0 Å². The average Bonchev–Trinajstić information content (AvgIpc) is 3.23. The van der Waals surface area contributed by atoms with Crippen LogP contribution in [0.3, 0.4) is 0 Å². The second-order valence-electron chi connectivity index (χ2n) is 6.99. The normalized spacial score (nSPS) is 14.9. The SMILES string of the molecule is Nc1nc2cc(-c3ccn[nH]3)ccc2c2nn(CCNS(=O)(=O)C3CC3)cc12. The van der Waals surface area contributed by atoms with Gasteiger partial charge in [0, 0.05) is 29.9 Å². The van der Waals surface area contributed by atoms with E-state index >= 15 is 0 Å². The van der Waals surface area contributed by atoms with Crippen molar-refractivity contribution >= 4 is 37.6 Å². The molecule has 1 fully saturated rings. The highest BCUT2D eigenvalue weighted by Crippen LogP contribution is 2.30. The van der Waals surface area contributed by atoms with Crippen LogP contribution >= 0.6 is 0 Å². The Bertz CT molecular complexity index is 1270. The molecule has 3 heterocycles. The Hall–Kier alpha value is -2.98. The lowest BCUT2D eigenvalue weighted by atomic mass is 10.1. The number of anilines is 1. The molecule has 144 valence electrons. The maximum Gasteiger partial charge on any atom is 0.214 e. The fourth-order valence-corrected chi connectivity index (χ4v) is 4.69. The largest absolute Gasteiger partial charge is 0.383 e. The third kappa shape index (κ3) is 3.00. The first-order valence-corrected chi connectivity index (χ1v) is 10.6. The first-order valence-electron chi connectivity index (χ1n) is 9.06. The van der Waals surface area contributed by atoms with Crippen molar-refractivity contribution in [3.63, 3.8) is 0 Å². The molecule has 0 atom stereocenters. The number of nitrogens with one attached hydrogen (secondary N) is 2. The van der Waals surface area contributed by atoms with Crippen molar-refractivity contribution in [2.75, 3.05) is 12.3 Å². The average molecular weight is 397 g/mol. The van der Waals surface area contributed by atoms with E-state index in [9.17, 15) is 8.42 Å². The molecule has 0 unspecified atom stereocenters. The van der Waals surface area contributed by atoms with Gasteiger partial charge in [-0.05, 0) is 31.0 Å². The number of nitrogens with zero attached hydrogens (tertiary/aromatic N) is 4. The fourth-order valence-electron chi connectivity index (χ4n) is 3.32. The first-order chi connectivity index (χ1) is 13.5. The second kappa shape index (κ2) is 6.28. The molecular formula is C18H19N7O2S. The summed E-state index contributed by atoms with van der Waals surface area (Å²) in [6, 6.07) is 7.78. The molecule has 1 aliphatic rings. The van der Waals surface area contributed by atoms with E-state index < -0.39 is 10.0 Å². The van der Waals surface area contributed by atoms with Crippen molar-refractivity contribution in [3.05, 3.63) is 36.7 Å². The number of fused-ring (bicyclic) bond motifs is 3. The smallest absolute Gasteiger partial charge is 0.214 e. The monoisotopic (exact) mass is 397 g/mol. The van der Waals surface area contributed by atoms with Crippen LogP contribution in [0.25, 0.3) is 33.1 Å². The lowest BCUT2D eigenvalue weighted by Crippen LogP contribution is -2.30. The Morgan fingerprint density at radius 1 is 1.25 bits per heavy atom. The third-order valence-corrected chi connectivity index (χ3v) is 6.91. The molecule has 0 amide bonds.